The van der Waals surface area contributed by atoms with E-state index in [-0.39, 0.29) is 11.9 Å². The maximum atomic E-state index is 12.3. The number of benzene rings is 1. The van der Waals surface area contributed by atoms with Gasteiger partial charge in [0.25, 0.3) is 0 Å². The normalized spacial score (nSPS) is 10.7. The molecule has 4 heteroatoms. The first-order valence-electron chi connectivity index (χ1n) is 6.15. The highest BCUT2D eigenvalue weighted by atomic mass is 79.9. The van der Waals surface area contributed by atoms with E-state index < -0.39 is 0 Å². The summed E-state index contributed by atoms with van der Waals surface area (Å²) in [6.07, 6.45) is 1.34. The summed E-state index contributed by atoms with van der Waals surface area (Å²) >= 11 is 9.47. The summed E-state index contributed by atoms with van der Waals surface area (Å²) in [5.74, 6) is 0.138. The second-order valence-corrected chi connectivity index (χ2v) is 5.69. The monoisotopic (exact) mass is 331 g/mol. The molecule has 0 heterocycles. The van der Waals surface area contributed by atoms with E-state index in [1.165, 1.54) is 0 Å². The molecule has 0 atom stereocenters. The number of hydrogen-bond acceptors (Lipinski definition) is 1. The summed E-state index contributed by atoms with van der Waals surface area (Å²) in [4.78, 5) is 14.2. The van der Waals surface area contributed by atoms with E-state index in [1.807, 2.05) is 43.0 Å². The minimum absolute atomic E-state index is 0.138. The zero-order valence-corrected chi connectivity index (χ0v) is 13.2. The number of carbonyl (C=O) groups excluding carboxylic acids is 1. The number of carbonyl (C=O) groups is 1. The van der Waals surface area contributed by atoms with Crippen LogP contribution >= 0.6 is 27.5 Å². The van der Waals surface area contributed by atoms with Crippen molar-refractivity contribution < 1.29 is 4.79 Å². The third-order valence-corrected chi connectivity index (χ3v) is 3.71. The van der Waals surface area contributed by atoms with Crippen LogP contribution in [0.25, 0.3) is 0 Å². The second-order valence-electron chi connectivity index (χ2n) is 4.49. The molecule has 0 aliphatic heterocycles. The Balaban J connectivity index is 2.70. The van der Waals surface area contributed by atoms with Gasteiger partial charge in [-0.25, -0.2) is 0 Å². The van der Waals surface area contributed by atoms with Gasteiger partial charge in [0.05, 0.1) is 6.42 Å². The van der Waals surface area contributed by atoms with Crippen molar-refractivity contribution in [3.63, 3.8) is 0 Å². The second kappa shape index (κ2) is 7.80. The Morgan fingerprint density at radius 2 is 2.06 bits per heavy atom. The number of amides is 1. The van der Waals surface area contributed by atoms with E-state index in [2.05, 4.69) is 15.9 Å². The number of nitrogens with zero attached hydrogens (tertiary/aromatic N) is 1. The molecule has 0 aliphatic rings. The zero-order chi connectivity index (χ0) is 13.5. The van der Waals surface area contributed by atoms with Crippen LogP contribution in [0.2, 0.25) is 5.02 Å². The van der Waals surface area contributed by atoms with E-state index in [1.54, 1.807) is 0 Å². The van der Waals surface area contributed by atoms with Crippen LogP contribution in [0.5, 0.6) is 0 Å². The quantitative estimate of drug-likeness (QED) is 0.723. The molecular weight excluding hydrogens is 314 g/mol. The molecule has 0 spiro atoms. The standard InChI is InChI=1S/C14H19BrClNO/c1-11(2)17(9-5-8-15)14(18)10-12-6-3-4-7-13(12)16/h3-4,6-7,11H,5,8-10H2,1-2H3. The SMILES string of the molecule is CC(C)N(CCCBr)C(=O)Cc1ccccc1Cl. The molecule has 1 amide bonds. The average Bonchev–Trinajstić information content (AvgIpc) is 2.32. The topological polar surface area (TPSA) is 20.3 Å². The minimum atomic E-state index is 0.138. The van der Waals surface area contributed by atoms with E-state index in [4.69, 9.17) is 11.6 Å². The molecule has 0 N–H and O–H groups in total. The van der Waals surface area contributed by atoms with Crippen LogP contribution in [0.3, 0.4) is 0 Å². The van der Waals surface area contributed by atoms with Gasteiger partial charge < -0.3 is 4.90 Å². The maximum absolute atomic E-state index is 12.3. The van der Waals surface area contributed by atoms with E-state index in [0.717, 1.165) is 23.9 Å². The van der Waals surface area contributed by atoms with Crippen LogP contribution < -0.4 is 0 Å². The largest absolute Gasteiger partial charge is 0.340 e. The third-order valence-electron chi connectivity index (χ3n) is 2.78. The highest BCUT2D eigenvalue weighted by Gasteiger charge is 2.17. The molecule has 0 aliphatic carbocycles. The maximum Gasteiger partial charge on any atom is 0.227 e. The van der Waals surface area contributed by atoms with Gasteiger partial charge in [0.15, 0.2) is 0 Å². The lowest BCUT2D eigenvalue weighted by Gasteiger charge is -2.26. The summed E-state index contributed by atoms with van der Waals surface area (Å²) in [6, 6.07) is 7.73. The van der Waals surface area contributed by atoms with Crippen molar-refractivity contribution in [2.75, 3.05) is 11.9 Å². The van der Waals surface area contributed by atoms with Crippen LogP contribution in [0.4, 0.5) is 0 Å². The Morgan fingerprint density at radius 1 is 1.39 bits per heavy atom. The molecule has 0 fully saturated rings. The highest BCUT2D eigenvalue weighted by Crippen LogP contribution is 2.17. The summed E-state index contributed by atoms with van der Waals surface area (Å²) < 4.78 is 0. The lowest BCUT2D eigenvalue weighted by molar-refractivity contribution is -0.132. The molecule has 1 rings (SSSR count). The minimum Gasteiger partial charge on any atom is -0.340 e. The zero-order valence-electron chi connectivity index (χ0n) is 10.8. The Hall–Kier alpha value is -0.540. The molecule has 0 bridgehead atoms. The van der Waals surface area contributed by atoms with Gasteiger partial charge in [-0.3, -0.25) is 4.79 Å². The molecule has 1 aromatic rings. The third kappa shape index (κ3) is 4.62. The first kappa shape index (κ1) is 15.5. The van der Waals surface area contributed by atoms with Gasteiger partial charge in [0.1, 0.15) is 0 Å². The molecule has 0 saturated heterocycles. The molecule has 0 unspecified atom stereocenters. The van der Waals surface area contributed by atoms with Crippen molar-refractivity contribution in [2.24, 2.45) is 0 Å². The number of alkyl halides is 1. The number of halogens is 2. The van der Waals surface area contributed by atoms with Gasteiger partial charge >= 0.3 is 0 Å². The van der Waals surface area contributed by atoms with Gasteiger partial charge in [0, 0.05) is 22.9 Å². The van der Waals surface area contributed by atoms with Crippen molar-refractivity contribution >= 4 is 33.4 Å². The van der Waals surface area contributed by atoms with Gasteiger partial charge in [0.2, 0.25) is 5.91 Å². The lowest BCUT2D eigenvalue weighted by Crippen LogP contribution is -2.38. The first-order valence-corrected chi connectivity index (χ1v) is 7.65. The van der Waals surface area contributed by atoms with Crippen LogP contribution in [-0.4, -0.2) is 28.7 Å². The van der Waals surface area contributed by atoms with E-state index in [0.29, 0.717) is 11.4 Å². The van der Waals surface area contributed by atoms with Crippen LogP contribution in [0, 0.1) is 0 Å². The van der Waals surface area contributed by atoms with Crippen LogP contribution in [0.15, 0.2) is 24.3 Å². The average molecular weight is 333 g/mol. The summed E-state index contributed by atoms with van der Waals surface area (Å²) in [6.45, 7) is 4.86. The smallest absolute Gasteiger partial charge is 0.227 e. The predicted molar refractivity (Wildman–Crippen MR) is 80.4 cm³/mol. The van der Waals surface area contributed by atoms with Gasteiger partial charge in [-0.05, 0) is 31.9 Å². The molecule has 100 valence electrons. The lowest BCUT2D eigenvalue weighted by atomic mass is 10.1. The van der Waals surface area contributed by atoms with Gasteiger partial charge in [-0.1, -0.05) is 45.7 Å². The van der Waals surface area contributed by atoms with Gasteiger partial charge in [-0.2, -0.15) is 0 Å². The summed E-state index contributed by atoms with van der Waals surface area (Å²) in [5.41, 5.74) is 0.897. The Bertz CT molecular complexity index is 395. The fraction of sp³-hybridized carbons (Fsp3) is 0.500. The summed E-state index contributed by atoms with van der Waals surface area (Å²) in [7, 11) is 0. The molecule has 0 aromatic heterocycles. The van der Waals surface area contributed by atoms with Crippen molar-refractivity contribution in [3.05, 3.63) is 34.9 Å². The van der Waals surface area contributed by atoms with E-state index in [9.17, 15) is 4.79 Å². The van der Waals surface area contributed by atoms with Crippen molar-refractivity contribution in [1.82, 2.24) is 4.90 Å². The van der Waals surface area contributed by atoms with E-state index >= 15 is 0 Å². The highest BCUT2D eigenvalue weighted by molar-refractivity contribution is 9.09. The molecule has 0 saturated carbocycles. The molecular formula is C14H19BrClNO. The molecule has 1 aromatic carbocycles. The van der Waals surface area contributed by atoms with Crippen molar-refractivity contribution in [3.8, 4) is 0 Å². The van der Waals surface area contributed by atoms with Crippen molar-refractivity contribution in [2.45, 2.75) is 32.7 Å². The van der Waals surface area contributed by atoms with Crippen LogP contribution in [-0.2, 0) is 11.2 Å². The number of rotatable bonds is 6. The Labute approximate surface area is 122 Å². The molecule has 0 radical (unpaired) electrons. The Kier molecular flexibility index (Phi) is 6.72. The first-order chi connectivity index (χ1) is 8.56. The summed E-state index contributed by atoms with van der Waals surface area (Å²) in [5, 5.41) is 1.57. The molecule has 18 heavy (non-hydrogen) atoms. The predicted octanol–water partition coefficient (Wildman–Crippen LogP) is 3.90. The van der Waals surface area contributed by atoms with Crippen LogP contribution in [0.1, 0.15) is 25.8 Å². The Morgan fingerprint density at radius 3 is 2.61 bits per heavy atom. The fourth-order valence-corrected chi connectivity index (χ4v) is 2.26. The van der Waals surface area contributed by atoms with Crippen molar-refractivity contribution in [1.29, 1.82) is 0 Å². The molecule has 2 nitrogen and oxygen atoms in total. The number of hydrogen-bond donors (Lipinski definition) is 0. The fourth-order valence-electron chi connectivity index (χ4n) is 1.81. The van der Waals surface area contributed by atoms with Gasteiger partial charge in [-0.15, -0.1) is 0 Å².